The fourth-order valence-corrected chi connectivity index (χ4v) is 1.75. The van der Waals surface area contributed by atoms with E-state index in [1.54, 1.807) is 6.07 Å². The molecule has 1 aromatic carbocycles. The average Bonchev–Trinajstić information content (AvgIpc) is 2.31. The third-order valence-electron chi connectivity index (χ3n) is 2.59. The molecular weight excluding hydrogens is 224 g/mol. The summed E-state index contributed by atoms with van der Waals surface area (Å²) in [6.07, 6.45) is 2.28. The molecule has 1 aliphatic heterocycles. The number of nitrogens with one attached hydrogen (secondary N) is 1. The van der Waals surface area contributed by atoms with Crippen molar-refractivity contribution in [3.05, 3.63) is 29.8 Å². The van der Waals surface area contributed by atoms with E-state index in [0.717, 1.165) is 25.9 Å². The summed E-state index contributed by atoms with van der Waals surface area (Å²) >= 11 is 0. The van der Waals surface area contributed by atoms with Crippen LogP contribution in [0.1, 0.15) is 18.4 Å². The molecule has 0 aliphatic carbocycles. The summed E-state index contributed by atoms with van der Waals surface area (Å²) in [5.74, 6) is 0.715. The molecule has 3 nitrogen and oxygen atoms in total. The number of nitrogens with zero attached hydrogens (tertiary/aromatic N) is 1. The third-order valence-corrected chi connectivity index (χ3v) is 2.59. The molecule has 16 heavy (non-hydrogen) atoms. The molecule has 0 amide bonds. The Kier molecular flexibility index (Phi) is 5.10. The van der Waals surface area contributed by atoms with Crippen molar-refractivity contribution in [3.63, 3.8) is 0 Å². The second-order valence-electron chi connectivity index (χ2n) is 3.68. The van der Waals surface area contributed by atoms with Crippen molar-refractivity contribution in [2.75, 3.05) is 13.1 Å². The van der Waals surface area contributed by atoms with Crippen molar-refractivity contribution in [3.8, 4) is 11.8 Å². The fraction of sp³-hybridized carbons (Fsp3) is 0.417. The zero-order valence-electron chi connectivity index (χ0n) is 8.98. The highest BCUT2D eigenvalue weighted by atomic mass is 35.5. The molecule has 2 rings (SSSR count). The summed E-state index contributed by atoms with van der Waals surface area (Å²) in [5, 5.41) is 12.2. The molecule has 1 aliphatic rings. The number of hydrogen-bond acceptors (Lipinski definition) is 3. The van der Waals surface area contributed by atoms with Crippen LogP contribution in [0.15, 0.2) is 24.3 Å². The van der Waals surface area contributed by atoms with Crippen molar-refractivity contribution in [1.82, 2.24) is 5.32 Å². The summed E-state index contributed by atoms with van der Waals surface area (Å²) in [7, 11) is 0. The van der Waals surface area contributed by atoms with Gasteiger partial charge in [-0.2, -0.15) is 5.26 Å². The van der Waals surface area contributed by atoms with E-state index in [1.165, 1.54) is 0 Å². The van der Waals surface area contributed by atoms with E-state index in [2.05, 4.69) is 11.4 Å². The van der Waals surface area contributed by atoms with Crippen molar-refractivity contribution < 1.29 is 4.74 Å². The van der Waals surface area contributed by atoms with E-state index in [0.29, 0.717) is 11.3 Å². The van der Waals surface area contributed by atoms with Crippen LogP contribution in [0.4, 0.5) is 0 Å². The minimum Gasteiger partial charge on any atom is -0.489 e. The van der Waals surface area contributed by atoms with Gasteiger partial charge in [0.15, 0.2) is 0 Å². The molecule has 0 bridgehead atoms. The minimum absolute atomic E-state index is 0. The highest BCUT2D eigenvalue weighted by molar-refractivity contribution is 5.85. The number of halogens is 1. The first-order chi connectivity index (χ1) is 7.40. The van der Waals surface area contributed by atoms with Gasteiger partial charge in [-0.3, -0.25) is 0 Å². The van der Waals surface area contributed by atoms with Crippen LogP contribution < -0.4 is 10.1 Å². The zero-order chi connectivity index (χ0) is 10.5. The van der Waals surface area contributed by atoms with Gasteiger partial charge in [-0.25, -0.2) is 0 Å². The lowest BCUT2D eigenvalue weighted by Crippen LogP contribution is -2.34. The number of piperidine rings is 1. The Hall–Kier alpha value is -1.24. The lowest BCUT2D eigenvalue weighted by Gasteiger charge is -2.24. The number of para-hydroxylation sites is 1. The molecule has 0 aromatic heterocycles. The maximum Gasteiger partial charge on any atom is 0.137 e. The largest absolute Gasteiger partial charge is 0.489 e. The number of ether oxygens (including phenoxy) is 1. The van der Waals surface area contributed by atoms with Crippen LogP contribution in [0.25, 0.3) is 0 Å². The lowest BCUT2D eigenvalue weighted by molar-refractivity contribution is 0.162. The number of benzene rings is 1. The molecule has 0 unspecified atom stereocenters. The van der Waals surface area contributed by atoms with Gasteiger partial charge in [0.1, 0.15) is 17.9 Å². The van der Waals surface area contributed by atoms with Gasteiger partial charge in [-0.15, -0.1) is 12.4 Å². The molecule has 4 heteroatoms. The van der Waals surface area contributed by atoms with Crippen LogP contribution >= 0.6 is 12.4 Å². The van der Waals surface area contributed by atoms with Gasteiger partial charge in [-0.1, -0.05) is 12.1 Å². The van der Waals surface area contributed by atoms with Crippen molar-refractivity contribution in [2.24, 2.45) is 0 Å². The van der Waals surface area contributed by atoms with Crippen LogP contribution in [0.2, 0.25) is 0 Å². The zero-order valence-corrected chi connectivity index (χ0v) is 9.80. The molecule has 0 radical (unpaired) electrons. The standard InChI is InChI=1S/C12H14N2O.ClH/c13-9-10-3-1-2-4-12(10)15-11-5-7-14-8-6-11;/h1-4,11,14H,5-8H2;1H. The SMILES string of the molecule is Cl.N#Cc1ccccc1OC1CCNCC1. The molecule has 1 fully saturated rings. The summed E-state index contributed by atoms with van der Waals surface area (Å²) in [5.41, 5.74) is 0.621. The minimum atomic E-state index is 0. The molecule has 0 atom stereocenters. The molecule has 1 heterocycles. The fourth-order valence-electron chi connectivity index (χ4n) is 1.75. The predicted molar refractivity (Wildman–Crippen MR) is 64.9 cm³/mol. The van der Waals surface area contributed by atoms with Gasteiger partial charge in [0.05, 0.1) is 5.56 Å². The Morgan fingerprint density at radius 3 is 2.62 bits per heavy atom. The van der Waals surface area contributed by atoms with Crippen LogP contribution in [0.5, 0.6) is 5.75 Å². The maximum absolute atomic E-state index is 8.91. The quantitative estimate of drug-likeness (QED) is 0.859. The van der Waals surface area contributed by atoms with Gasteiger partial charge >= 0.3 is 0 Å². The van der Waals surface area contributed by atoms with Gasteiger partial charge < -0.3 is 10.1 Å². The topological polar surface area (TPSA) is 45.0 Å². The normalized spacial score (nSPS) is 15.9. The Balaban J connectivity index is 0.00000128. The van der Waals surface area contributed by atoms with Gasteiger partial charge in [0.25, 0.3) is 0 Å². The molecule has 0 saturated carbocycles. The Labute approximate surface area is 102 Å². The van der Waals surface area contributed by atoms with E-state index in [-0.39, 0.29) is 18.5 Å². The van der Waals surface area contributed by atoms with Crippen molar-refractivity contribution in [2.45, 2.75) is 18.9 Å². The summed E-state index contributed by atoms with van der Waals surface area (Å²) in [6.45, 7) is 2.00. The Morgan fingerprint density at radius 2 is 1.94 bits per heavy atom. The van der Waals surface area contributed by atoms with E-state index in [4.69, 9.17) is 10.00 Å². The average molecular weight is 239 g/mol. The van der Waals surface area contributed by atoms with Gasteiger partial charge in [0, 0.05) is 0 Å². The summed E-state index contributed by atoms with van der Waals surface area (Å²) in [4.78, 5) is 0. The molecule has 0 spiro atoms. The molecule has 1 aromatic rings. The van der Waals surface area contributed by atoms with E-state index in [9.17, 15) is 0 Å². The van der Waals surface area contributed by atoms with E-state index in [1.807, 2.05) is 18.2 Å². The van der Waals surface area contributed by atoms with E-state index < -0.39 is 0 Å². The number of rotatable bonds is 2. The van der Waals surface area contributed by atoms with Crippen LogP contribution in [-0.2, 0) is 0 Å². The highest BCUT2D eigenvalue weighted by Gasteiger charge is 2.15. The second-order valence-corrected chi connectivity index (χ2v) is 3.68. The second kappa shape index (κ2) is 6.37. The molecular formula is C12H15ClN2O. The van der Waals surface area contributed by atoms with Gasteiger partial charge in [-0.05, 0) is 38.1 Å². The first-order valence-electron chi connectivity index (χ1n) is 5.26. The third kappa shape index (κ3) is 3.13. The molecule has 86 valence electrons. The van der Waals surface area contributed by atoms with Crippen molar-refractivity contribution >= 4 is 12.4 Å². The van der Waals surface area contributed by atoms with Crippen LogP contribution in [0.3, 0.4) is 0 Å². The monoisotopic (exact) mass is 238 g/mol. The lowest BCUT2D eigenvalue weighted by atomic mass is 10.1. The first-order valence-corrected chi connectivity index (χ1v) is 5.26. The smallest absolute Gasteiger partial charge is 0.137 e. The maximum atomic E-state index is 8.91. The molecule has 1 N–H and O–H groups in total. The van der Waals surface area contributed by atoms with Crippen LogP contribution in [0, 0.1) is 11.3 Å². The first kappa shape index (κ1) is 12.8. The van der Waals surface area contributed by atoms with Crippen LogP contribution in [-0.4, -0.2) is 19.2 Å². The summed E-state index contributed by atoms with van der Waals surface area (Å²) in [6, 6.07) is 9.55. The Morgan fingerprint density at radius 1 is 1.25 bits per heavy atom. The summed E-state index contributed by atoms with van der Waals surface area (Å²) < 4.78 is 5.81. The number of nitriles is 1. The highest BCUT2D eigenvalue weighted by Crippen LogP contribution is 2.20. The van der Waals surface area contributed by atoms with E-state index >= 15 is 0 Å². The Bertz CT molecular complexity index is 370. The number of hydrogen-bond donors (Lipinski definition) is 1. The molecule has 1 saturated heterocycles. The van der Waals surface area contributed by atoms with Crippen molar-refractivity contribution in [1.29, 1.82) is 5.26 Å². The predicted octanol–water partition coefficient (Wildman–Crippen LogP) is 2.11. The van der Waals surface area contributed by atoms with Gasteiger partial charge in [0.2, 0.25) is 0 Å².